The molecule has 1 aliphatic carbocycles. The summed E-state index contributed by atoms with van der Waals surface area (Å²) in [5.41, 5.74) is 2.24. The van der Waals surface area contributed by atoms with Gasteiger partial charge in [0.2, 0.25) is 0 Å². The Hall–Kier alpha value is -2.01. The lowest BCUT2D eigenvalue weighted by Crippen LogP contribution is -2.16. The SMILES string of the molecule is CC1=CC(=O)C(C(C)C)=CC1=NOC(=O)c1ccc(Br)cc1. The fourth-order valence-electron chi connectivity index (χ4n) is 1.97. The van der Waals surface area contributed by atoms with Gasteiger partial charge in [-0.05, 0) is 54.8 Å². The van der Waals surface area contributed by atoms with Gasteiger partial charge >= 0.3 is 5.97 Å². The van der Waals surface area contributed by atoms with E-state index in [0.29, 0.717) is 22.4 Å². The maximum atomic E-state index is 11.9. The number of hydrogen-bond donors (Lipinski definition) is 0. The van der Waals surface area contributed by atoms with Gasteiger partial charge in [0.05, 0.1) is 5.56 Å². The predicted molar refractivity (Wildman–Crippen MR) is 88.7 cm³/mol. The first-order valence-electron chi connectivity index (χ1n) is 6.88. The Kier molecular flexibility index (Phi) is 5.08. The summed E-state index contributed by atoms with van der Waals surface area (Å²) in [4.78, 5) is 28.8. The van der Waals surface area contributed by atoms with E-state index in [4.69, 9.17) is 4.84 Å². The fraction of sp³-hybridized carbons (Fsp3) is 0.235. The van der Waals surface area contributed by atoms with Gasteiger partial charge in [-0.25, -0.2) is 4.79 Å². The minimum Gasteiger partial charge on any atom is -0.312 e. The van der Waals surface area contributed by atoms with Crippen LogP contribution in [0.15, 0.2) is 57.2 Å². The molecule has 0 amide bonds. The third-order valence-electron chi connectivity index (χ3n) is 3.26. The highest BCUT2D eigenvalue weighted by atomic mass is 79.9. The molecule has 0 fully saturated rings. The van der Waals surface area contributed by atoms with Gasteiger partial charge in [0.25, 0.3) is 0 Å². The first kappa shape index (κ1) is 16.4. The molecule has 2 rings (SSSR count). The van der Waals surface area contributed by atoms with Gasteiger partial charge in [0, 0.05) is 10.0 Å². The van der Waals surface area contributed by atoms with E-state index >= 15 is 0 Å². The maximum absolute atomic E-state index is 11.9. The number of carbonyl (C=O) groups excluding carboxylic acids is 2. The zero-order chi connectivity index (χ0) is 16.3. The number of hydrogen-bond acceptors (Lipinski definition) is 4. The van der Waals surface area contributed by atoms with E-state index in [9.17, 15) is 9.59 Å². The van der Waals surface area contributed by atoms with Crippen LogP contribution in [0.5, 0.6) is 0 Å². The Morgan fingerprint density at radius 2 is 1.82 bits per heavy atom. The molecule has 4 nitrogen and oxygen atoms in total. The molecule has 1 aromatic rings. The maximum Gasteiger partial charge on any atom is 0.365 e. The largest absolute Gasteiger partial charge is 0.365 e. The minimum absolute atomic E-state index is 0.0225. The topological polar surface area (TPSA) is 55.7 Å². The van der Waals surface area contributed by atoms with Crippen molar-refractivity contribution >= 4 is 33.4 Å². The molecule has 0 spiro atoms. The summed E-state index contributed by atoms with van der Waals surface area (Å²) < 4.78 is 0.879. The first-order valence-corrected chi connectivity index (χ1v) is 7.67. The standard InChI is InChI=1S/C17H16BrNO3/c1-10(2)14-9-15(11(3)8-16(14)20)19-22-17(21)12-4-6-13(18)7-5-12/h4-10H,1-3H3. The molecule has 1 aliphatic rings. The van der Waals surface area contributed by atoms with Crippen LogP contribution in [-0.4, -0.2) is 17.5 Å². The van der Waals surface area contributed by atoms with Gasteiger partial charge in [-0.3, -0.25) is 4.79 Å². The van der Waals surface area contributed by atoms with Crippen LogP contribution in [0.1, 0.15) is 31.1 Å². The van der Waals surface area contributed by atoms with E-state index in [1.165, 1.54) is 6.08 Å². The second-order valence-electron chi connectivity index (χ2n) is 5.31. The third-order valence-corrected chi connectivity index (χ3v) is 3.79. The predicted octanol–water partition coefficient (Wildman–Crippen LogP) is 4.07. The summed E-state index contributed by atoms with van der Waals surface area (Å²) >= 11 is 3.30. The Balaban J connectivity index is 2.18. The van der Waals surface area contributed by atoms with Crippen LogP contribution in [0.25, 0.3) is 0 Å². The molecule has 0 saturated carbocycles. The van der Waals surface area contributed by atoms with Crippen LogP contribution in [-0.2, 0) is 9.63 Å². The van der Waals surface area contributed by atoms with Crippen molar-refractivity contribution in [2.75, 3.05) is 0 Å². The van der Waals surface area contributed by atoms with Crippen LogP contribution < -0.4 is 0 Å². The lowest BCUT2D eigenvalue weighted by molar-refractivity contribution is -0.111. The molecule has 0 saturated heterocycles. The van der Waals surface area contributed by atoms with Crippen molar-refractivity contribution in [1.82, 2.24) is 0 Å². The number of carbonyl (C=O) groups is 2. The molecule has 0 heterocycles. The van der Waals surface area contributed by atoms with Gasteiger partial charge in [-0.15, -0.1) is 0 Å². The van der Waals surface area contributed by atoms with Crippen molar-refractivity contribution in [3.8, 4) is 0 Å². The van der Waals surface area contributed by atoms with Crippen LogP contribution in [0.3, 0.4) is 0 Å². The summed E-state index contributed by atoms with van der Waals surface area (Å²) in [6.07, 6.45) is 3.19. The van der Waals surface area contributed by atoms with Gasteiger partial charge in [-0.1, -0.05) is 34.9 Å². The third kappa shape index (κ3) is 3.80. The normalized spacial score (nSPS) is 16.6. The fourth-order valence-corrected chi connectivity index (χ4v) is 2.23. The molecule has 1 aromatic carbocycles. The van der Waals surface area contributed by atoms with Gasteiger partial charge in [-0.2, -0.15) is 0 Å². The highest BCUT2D eigenvalue weighted by Gasteiger charge is 2.19. The highest BCUT2D eigenvalue weighted by molar-refractivity contribution is 9.10. The zero-order valence-electron chi connectivity index (χ0n) is 12.6. The average Bonchev–Trinajstić information content (AvgIpc) is 2.46. The lowest BCUT2D eigenvalue weighted by Gasteiger charge is -2.14. The van der Waals surface area contributed by atoms with Crippen molar-refractivity contribution in [3.63, 3.8) is 0 Å². The first-order chi connectivity index (χ1) is 10.4. The summed E-state index contributed by atoms with van der Waals surface area (Å²) in [5.74, 6) is -0.473. The Morgan fingerprint density at radius 1 is 1.18 bits per heavy atom. The summed E-state index contributed by atoms with van der Waals surface area (Å²) in [6, 6.07) is 6.81. The molecule has 0 aliphatic heterocycles. The van der Waals surface area contributed by atoms with Crippen LogP contribution in [0.2, 0.25) is 0 Å². The zero-order valence-corrected chi connectivity index (χ0v) is 14.2. The van der Waals surface area contributed by atoms with E-state index in [1.807, 2.05) is 13.8 Å². The quantitative estimate of drug-likeness (QED) is 0.463. The van der Waals surface area contributed by atoms with E-state index in [0.717, 1.165) is 4.47 Å². The van der Waals surface area contributed by atoms with Crippen molar-refractivity contribution in [1.29, 1.82) is 0 Å². The Morgan fingerprint density at radius 3 is 2.41 bits per heavy atom. The molecule has 0 aromatic heterocycles. The molecule has 0 atom stereocenters. The second kappa shape index (κ2) is 6.83. The molecule has 0 bridgehead atoms. The van der Waals surface area contributed by atoms with Crippen LogP contribution in [0, 0.1) is 5.92 Å². The molecule has 0 radical (unpaired) electrons. The van der Waals surface area contributed by atoms with E-state index < -0.39 is 5.97 Å². The van der Waals surface area contributed by atoms with Crippen LogP contribution in [0.4, 0.5) is 0 Å². The van der Waals surface area contributed by atoms with E-state index in [-0.39, 0.29) is 11.7 Å². The number of allylic oxidation sites excluding steroid dienone is 4. The van der Waals surface area contributed by atoms with Gasteiger partial charge in [0.15, 0.2) is 5.78 Å². The number of halogens is 1. The van der Waals surface area contributed by atoms with E-state index in [2.05, 4.69) is 21.1 Å². The molecular weight excluding hydrogens is 346 g/mol. The molecule has 0 N–H and O–H groups in total. The summed E-state index contributed by atoms with van der Waals surface area (Å²) in [5, 5.41) is 3.89. The van der Waals surface area contributed by atoms with Crippen LogP contribution >= 0.6 is 15.9 Å². The molecule has 5 heteroatoms. The van der Waals surface area contributed by atoms with Crippen molar-refractivity contribution < 1.29 is 14.4 Å². The molecule has 114 valence electrons. The molecule has 22 heavy (non-hydrogen) atoms. The van der Waals surface area contributed by atoms with Crippen molar-refractivity contribution in [2.45, 2.75) is 20.8 Å². The second-order valence-corrected chi connectivity index (χ2v) is 6.22. The number of ketones is 1. The molecular formula is C17H16BrNO3. The number of nitrogens with zero attached hydrogens (tertiary/aromatic N) is 1. The lowest BCUT2D eigenvalue weighted by atomic mass is 9.90. The van der Waals surface area contributed by atoms with E-state index in [1.54, 1.807) is 37.3 Å². The number of oxime groups is 1. The monoisotopic (exact) mass is 361 g/mol. The van der Waals surface area contributed by atoms with Crippen molar-refractivity contribution in [3.05, 3.63) is 57.6 Å². The summed E-state index contributed by atoms with van der Waals surface area (Å²) in [6.45, 7) is 5.63. The average molecular weight is 362 g/mol. The smallest absolute Gasteiger partial charge is 0.312 e. The minimum atomic E-state index is -0.538. The van der Waals surface area contributed by atoms with Gasteiger partial charge < -0.3 is 4.84 Å². The Labute approximate surface area is 137 Å². The number of benzene rings is 1. The highest BCUT2D eigenvalue weighted by Crippen LogP contribution is 2.19. The Bertz CT molecular complexity index is 697. The van der Waals surface area contributed by atoms with Gasteiger partial charge in [0.1, 0.15) is 5.71 Å². The number of rotatable bonds is 3. The summed E-state index contributed by atoms with van der Waals surface area (Å²) in [7, 11) is 0. The van der Waals surface area contributed by atoms with Crippen molar-refractivity contribution in [2.24, 2.45) is 11.1 Å². The molecule has 0 unspecified atom stereocenters.